The molecule has 8 nitrogen and oxygen atoms in total. The number of aryl methyl sites for hydroxylation is 1. The first-order chi connectivity index (χ1) is 13.7. The fourth-order valence-corrected chi connectivity index (χ4v) is 5.04. The van der Waals surface area contributed by atoms with Crippen molar-refractivity contribution in [1.29, 1.82) is 0 Å². The summed E-state index contributed by atoms with van der Waals surface area (Å²) in [6.07, 6.45) is 1.30. The summed E-state index contributed by atoms with van der Waals surface area (Å²) in [5.74, 6) is -1.60. The number of hydrogen-bond acceptors (Lipinski definition) is 7. The molecule has 1 aromatic carbocycles. The minimum atomic E-state index is -3.75. The van der Waals surface area contributed by atoms with Crippen LogP contribution in [0.2, 0.25) is 0 Å². The molecule has 0 saturated carbocycles. The van der Waals surface area contributed by atoms with E-state index in [1.807, 2.05) is 19.1 Å². The van der Waals surface area contributed by atoms with Gasteiger partial charge in [0.05, 0.1) is 18.5 Å². The Labute approximate surface area is 169 Å². The molecule has 0 bridgehead atoms. The van der Waals surface area contributed by atoms with Crippen molar-refractivity contribution in [1.82, 2.24) is 9.29 Å². The SMILES string of the molecule is COC(=O)C(C)OC(=O)C1CCN(S(=O)(=O)c2cccc3cc(C)cnc23)CC1. The number of rotatable bonds is 5. The number of fused-ring (bicyclic) bond motifs is 1. The molecule has 1 fully saturated rings. The maximum atomic E-state index is 13.2. The van der Waals surface area contributed by atoms with Crippen LogP contribution < -0.4 is 0 Å². The lowest BCUT2D eigenvalue weighted by Gasteiger charge is -2.30. The molecule has 0 spiro atoms. The number of piperidine rings is 1. The van der Waals surface area contributed by atoms with Crippen molar-refractivity contribution in [2.75, 3.05) is 20.2 Å². The number of para-hydroxylation sites is 1. The monoisotopic (exact) mass is 420 g/mol. The maximum Gasteiger partial charge on any atom is 0.346 e. The van der Waals surface area contributed by atoms with Crippen molar-refractivity contribution >= 4 is 32.9 Å². The van der Waals surface area contributed by atoms with E-state index >= 15 is 0 Å². The van der Waals surface area contributed by atoms with Gasteiger partial charge in [-0.05, 0) is 44.4 Å². The summed E-state index contributed by atoms with van der Waals surface area (Å²) < 4.78 is 37.4. The third kappa shape index (κ3) is 4.40. The number of benzene rings is 1. The van der Waals surface area contributed by atoms with Crippen molar-refractivity contribution in [2.24, 2.45) is 5.92 Å². The van der Waals surface area contributed by atoms with Gasteiger partial charge < -0.3 is 9.47 Å². The molecule has 0 radical (unpaired) electrons. The number of esters is 2. The second-order valence-electron chi connectivity index (χ2n) is 7.12. The summed E-state index contributed by atoms with van der Waals surface area (Å²) in [5, 5.41) is 0.765. The Kier molecular flexibility index (Phi) is 6.18. The van der Waals surface area contributed by atoms with Crippen LogP contribution in [0, 0.1) is 12.8 Å². The number of carbonyl (C=O) groups is 2. The Morgan fingerprint density at radius 1 is 1.24 bits per heavy atom. The highest BCUT2D eigenvalue weighted by Gasteiger charge is 2.34. The molecule has 2 heterocycles. The molecule has 2 aromatic rings. The summed E-state index contributed by atoms with van der Waals surface area (Å²) >= 11 is 0. The summed E-state index contributed by atoms with van der Waals surface area (Å²) in [5.41, 5.74) is 1.39. The second kappa shape index (κ2) is 8.46. The fourth-order valence-electron chi connectivity index (χ4n) is 3.41. The zero-order valence-electron chi connectivity index (χ0n) is 16.6. The Morgan fingerprint density at radius 3 is 2.59 bits per heavy atom. The average Bonchev–Trinajstić information content (AvgIpc) is 2.72. The predicted octanol–water partition coefficient (Wildman–Crippen LogP) is 2.05. The number of hydrogen-bond donors (Lipinski definition) is 0. The van der Waals surface area contributed by atoms with Crippen LogP contribution >= 0.6 is 0 Å². The van der Waals surface area contributed by atoms with Crippen LogP contribution in [0.4, 0.5) is 0 Å². The number of carbonyl (C=O) groups excluding carboxylic acids is 2. The molecule has 9 heteroatoms. The predicted molar refractivity (Wildman–Crippen MR) is 106 cm³/mol. The molecule has 0 N–H and O–H groups in total. The molecule has 1 atom stereocenters. The van der Waals surface area contributed by atoms with E-state index in [-0.39, 0.29) is 18.0 Å². The maximum absolute atomic E-state index is 13.2. The van der Waals surface area contributed by atoms with E-state index in [0.29, 0.717) is 18.4 Å². The number of nitrogens with zero attached hydrogens (tertiary/aromatic N) is 2. The highest BCUT2D eigenvalue weighted by Crippen LogP contribution is 2.28. The number of ether oxygens (including phenoxy) is 2. The second-order valence-corrected chi connectivity index (χ2v) is 9.03. The molecule has 1 saturated heterocycles. The molecule has 1 aromatic heterocycles. The molecule has 29 heavy (non-hydrogen) atoms. The van der Waals surface area contributed by atoms with E-state index in [0.717, 1.165) is 10.9 Å². The molecule has 1 aliphatic rings. The normalized spacial score (nSPS) is 17.1. The van der Waals surface area contributed by atoms with Gasteiger partial charge >= 0.3 is 11.9 Å². The van der Waals surface area contributed by atoms with Gasteiger partial charge in [-0.15, -0.1) is 0 Å². The zero-order valence-corrected chi connectivity index (χ0v) is 17.4. The standard InChI is InChI=1S/C20H24N2O6S/c1-13-11-16-5-4-6-17(18(16)21-12-13)29(25,26)22-9-7-15(8-10-22)20(24)28-14(2)19(23)27-3/h4-6,11-12,14-15H,7-10H2,1-3H3. The van der Waals surface area contributed by atoms with E-state index in [1.54, 1.807) is 18.3 Å². The van der Waals surface area contributed by atoms with Gasteiger partial charge in [-0.25, -0.2) is 13.2 Å². The highest BCUT2D eigenvalue weighted by molar-refractivity contribution is 7.89. The van der Waals surface area contributed by atoms with Crippen molar-refractivity contribution in [3.05, 3.63) is 36.0 Å². The van der Waals surface area contributed by atoms with Gasteiger partial charge in [-0.3, -0.25) is 9.78 Å². The largest absolute Gasteiger partial charge is 0.466 e. The fraction of sp³-hybridized carbons (Fsp3) is 0.450. The topological polar surface area (TPSA) is 103 Å². The molecule has 3 rings (SSSR count). The Morgan fingerprint density at radius 2 is 1.93 bits per heavy atom. The number of methoxy groups -OCH3 is 1. The average molecular weight is 420 g/mol. The quantitative estimate of drug-likeness (QED) is 0.682. The number of aromatic nitrogens is 1. The van der Waals surface area contributed by atoms with Gasteiger partial charge in [0, 0.05) is 24.7 Å². The van der Waals surface area contributed by atoms with Crippen LogP contribution in [-0.4, -0.2) is 55.9 Å². The number of pyridine rings is 1. The first-order valence-electron chi connectivity index (χ1n) is 9.38. The Hall–Kier alpha value is -2.52. The van der Waals surface area contributed by atoms with Crippen molar-refractivity contribution in [2.45, 2.75) is 37.7 Å². The van der Waals surface area contributed by atoms with Crippen LogP contribution in [0.15, 0.2) is 35.4 Å². The Balaban J connectivity index is 1.72. The van der Waals surface area contributed by atoms with E-state index in [9.17, 15) is 18.0 Å². The van der Waals surface area contributed by atoms with Crippen LogP contribution in [0.5, 0.6) is 0 Å². The smallest absolute Gasteiger partial charge is 0.346 e. The molecule has 1 unspecified atom stereocenters. The van der Waals surface area contributed by atoms with Crippen molar-refractivity contribution < 1.29 is 27.5 Å². The molecular formula is C20H24N2O6S. The van der Waals surface area contributed by atoms with Crippen LogP contribution in [0.3, 0.4) is 0 Å². The third-order valence-corrected chi connectivity index (χ3v) is 6.97. The van der Waals surface area contributed by atoms with Gasteiger partial charge in [-0.1, -0.05) is 12.1 Å². The van der Waals surface area contributed by atoms with Crippen LogP contribution in [0.25, 0.3) is 10.9 Å². The molecule has 156 valence electrons. The number of sulfonamides is 1. The lowest BCUT2D eigenvalue weighted by molar-refractivity contribution is -0.168. The van der Waals surface area contributed by atoms with Crippen molar-refractivity contribution in [3.8, 4) is 0 Å². The van der Waals surface area contributed by atoms with E-state index in [1.165, 1.54) is 18.3 Å². The van der Waals surface area contributed by atoms with E-state index in [4.69, 9.17) is 4.74 Å². The highest BCUT2D eigenvalue weighted by atomic mass is 32.2. The lowest BCUT2D eigenvalue weighted by Crippen LogP contribution is -2.41. The molecular weight excluding hydrogens is 396 g/mol. The van der Waals surface area contributed by atoms with Gasteiger partial charge in [0.1, 0.15) is 4.90 Å². The molecule has 0 amide bonds. The minimum absolute atomic E-state index is 0.162. The van der Waals surface area contributed by atoms with E-state index in [2.05, 4.69) is 9.72 Å². The zero-order chi connectivity index (χ0) is 21.2. The summed E-state index contributed by atoms with van der Waals surface area (Å²) in [4.78, 5) is 28.1. The third-order valence-electron chi connectivity index (χ3n) is 5.04. The summed E-state index contributed by atoms with van der Waals surface area (Å²) in [6.45, 7) is 3.73. The lowest BCUT2D eigenvalue weighted by atomic mass is 9.98. The minimum Gasteiger partial charge on any atom is -0.466 e. The Bertz CT molecular complexity index is 1030. The van der Waals surface area contributed by atoms with Gasteiger partial charge in [0.25, 0.3) is 0 Å². The van der Waals surface area contributed by atoms with Gasteiger partial charge in [-0.2, -0.15) is 4.31 Å². The van der Waals surface area contributed by atoms with Gasteiger partial charge in [0.15, 0.2) is 6.10 Å². The molecule has 0 aliphatic carbocycles. The summed E-state index contributed by atoms with van der Waals surface area (Å²) in [6, 6.07) is 6.98. The van der Waals surface area contributed by atoms with Crippen LogP contribution in [-0.2, 0) is 29.1 Å². The van der Waals surface area contributed by atoms with E-state index < -0.39 is 34.0 Å². The first kappa shape index (κ1) is 21.2. The van der Waals surface area contributed by atoms with Gasteiger partial charge in [0.2, 0.25) is 10.0 Å². The molecule has 1 aliphatic heterocycles. The first-order valence-corrected chi connectivity index (χ1v) is 10.8. The van der Waals surface area contributed by atoms with Crippen LogP contribution in [0.1, 0.15) is 25.3 Å². The van der Waals surface area contributed by atoms with Crippen molar-refractivity contribution in [3.63, 3.8) is 0 Å². The summed E-state index contributed by atoms with van der Waals surface area (Å²) in [7, 11) is -2.52.